The minimum absolute atomic E-state index is 0.0673. The summed E-state index contributed by atoms with van der Waals surface area (Å²) in [6.07, 6.45) is 15.8. The Kier molecular flexibility index (Phi) is 11.8. The van der Waals surface area contributed by atoms with Gasteiger partial charge in [0.25, 0.3) is 8.32 Å². The molecule has 0 atom stereocenters. The molecule has 0 heterocycles. The highest BCUT2D eigenvalue weighted by molar-refractivity contribution is 6.99. The van der Waals surface area contributed by atoms with Crippen molar-refractivity contribution in [2.24, 2.45) is 0 Å². The highest BCUT2D eigenvalue weighted by atomic mass is 28.4. The number of unbranched alkanes of at least 4 members (excludes halogenated alkanes) is 8. The Balaban J connectivity index is 1.85. The lowest BCUT2D eigenvalue weighted by molar-refractivity contribution is 0.286. The largest absolute Gasteiger partial charge is 0.407 e. The molecule has 0 N–H and O–H groups in total. The van der Waals surface area contributed by atoms with Gasteiger partial charge in [-0.1, -0.05) is 120 Å². The number of allylic oxidation sites excluding steroid dienone is 1. The van der Waals surface area contributed by atoms with Crippen molar-refractivity contribution in [3.8, 4) is 0 Å². The summed E-state index contributed by atoms with van der Waals surface area (Å²) in [4.78, 5) is 0. The number of hydrogen-bond acceptors (Lipinski definition) is 1. The Hall–Kier alpha value is -1.86. The standard InChI is InChI=1S/C30H44OSi/c1-5-6-7-8-9-10-11-12-13-14-15-22-27-31-32(30(2,3)4,28-23-18-16-19-24-28)29-25-20-17-21-26-29/h5,7,16-21,23-26H,8-15,22,27H2,1-4H3. The third kappa shape index (κ3) is 7.92. The van der Waals surface area contributed by atoms with Crippen LogP contribution in [-0.4, -0.2) is 14.9 Å². The number of rotatable bonds is 14. The fourth-order valence-electron chi connectivity index (χ4n) is 4.60. The van der Waals surface area contributed by atoms with E-state index in [9.17, 15) is 0 Å². The maximum atomic E-state index is 6.99. The van der Waals surface area contributed by atoms with Crippen molar-refractivity contribution < 1.29 is 4.43 Å². The summed E-state index contributed by atoms with van der Waals surface area (Å²) in [6.45, 7) is 9.94. The van der Waals surface area contributed by atoms with Gasteiger partial charge in [-0.2, -0.15) is 0 Å². The minimum Gasteiger partial charge on any atom is -0.407 e. The van der Waals surface area contributed by atoms with Crippen LogP contribution >= 0.6 is 0 Å². The Morgan fingerprint density at radius 3 is 1.66 bits per heavy atom. The van der Waals surface area contributed by atoms with Gasteiger partial charge >= 0.3 is 0 Å². The molecular weight excluding hydrogens is 404 g/mol. The second kappa shape index (κ2) is 14.3. The van der Waals surface area contributed by atoms with Gasteiger partial charge in [0.15, 0.2) is 0 Å². The van der Waals surface area contributed by atoms with E-state index in [4.69, 9.17) is 4.43 Å². The molecule has 0 spiro atoms. The van der Waals surface area contributed by atoms with Crippen LogP contribution in [0.1, 0.15) is 85.5 Å². The second-order valence-electron chi connectivity index (χ2n) is 9.79. The first-order valence-electron chi connectivity index (χ1n) is 12.6. The van der Waals surface area contributed by atoms with Gasteiger partial charge < -0.3 is 4.43 Å². The van der Waals surface area contributed by atoms with Gasteiger partial charge in [-0.25, -0.2) is 0 Å². The maximum absolute atomic E-state index is 6.99. The van der Waals surface area contributed by atoms with Crippen LogP contribution in [0.25, 0.3) is 0 Å². The van der Waals surface area contributed by atoms with Crippen molar-refractivity contribution in [1.82, 2.24) is 0 Å². The van der Waals surface area contributed by atoms with E-state index in [1.807, 2.05) is 13.0 Å². The Morgan fingerprint density at radius 1 is 0.719 bits per heavy atom. The van der Waals surface area contributed by atoms with Gasteiger partial charge in [0.1, 0.15) is 0 Å². The van der Waals surface area contributed by atoms with Crippen molar-refractivity contribution in [1.29, 1.82) is 0 Å². The summed E-state index contributed by atoms with van der Waals surface area (Å²) in [5.41, 5.74) is 3.16. The number of benzene rings is 2. The van der Waals surface area contributed by atoms with E-state index in [1.165, 1.54) is 61.7 Å². The number of hydrogen-bond donors (Lipinski definition) is 0. The van der Waals surface area contributed by atoms with Gasteiger partial charge in [0.05, 0.1) is 0 Å². The van der Waals surface area contributed by atoms with E-state index in [1.54, 1.807) is 0 Å². The van der Waals surface area contributed by atoms with Crippen LogP contribution in [0.4, 0.5) is 0 Å². The molecule has 0 aliphatic heterocycles. The van der Waals surface area contributed by atoms with E-state index in [0.29, 0.717) is 0 Å². The van der Waals surface area contributed by atoms with Gasteiger partial charge in [-0.05, 0) is 53.7 Å². The fourth-order valence-corrected chi connectivity index (χ4v) is 9.20. The fraction of sp³-hybridized carbons (Fsp3) is 0.500. The molecule has 174 valence electrons. The maximum Gasteiger partial charge on any atom is 0.261 e. The molecule has 0 aliphatic rings. The zero-order valence-corrected chi connectivity index (χ0v) is 21.9. The molecule has 0 bridgehead atoms. The molecular formula is C30H44OSi. The molecule has 0 saturated heterocycles. The third-order valence-corrected chi connectivity index (χ3v) is 11.3. The Morgan fingerprint density at radius 2 is 1.19 bits per heavy atom. The van der Waals surface area contributed by atoms with E-state index in [-0.39, 0.29) is 5.04 Å². The predicted molar refractivity (Wildman–Crippen MR) is 143 cm³/mol. The smallest absolute Gasteiger partial charge is 0.261 e. The van der Waals surface area contributed by atoms with Crippen LogP contribution in [-0.2, 0) is 4.43 Å². The molecule has 0 aliphatic carbocycles. The van der Waals surface area contributed by atoms with Crippen LogP contribution in [0.5, 0.6) is 0 Å². The summed E-state index contributed by atoms with van der Waals surface area (Å²) < 4.78 is 6.99. The lowest BCUT2D eigenvalue weighted by Crippen LogP contribution is -2.66. The topological polar surface area (TPSA) is 9.23 Å². The van der Waals surface area contributed by atoms with Crippen molar-refractivity contribution in [3.63, 3.8) is 0 Å². The average Bonchev–Trinajstić information content (AvgIpc) is 2.80. The van der Waals surface area contributed by atoms with Crippen LogP contribution in [0.15, 0.2) is 78.5 Å². The molecule has 0 fully saturated rings. The molecule has 2 aromatic carbocycles. The van der Waals surface area contributed by atoms with E-state index in [0.717, 1.165) is 13.0 Å². The van der Waals surface area contributed by atoms with Crippen LogP contribution in [0.3, 0.4) is 0 Å². The highest BCUT2D eigenvalue weighted by Crippen LogP contribution is 2.36. The molecule has 2 rings (SSSR count). The summed E-state index contributed by atoms with van der Waals surface area (Å²) in [5, 5.41) is 2.82. The van der Waals surface area contributed by atoms with Gasteiger partial charge in [0, 0.05) is 6.61 Å². The van der Waals surface area contributed by atoms with Crippen molar-refractivity contribution >= 4 is 18.7 Å². The lowest BCUT2D eigenvalue weighted by atomic mass is 10.1. The first kappa shape index (κ1) is 26.4. The molecule has 2 heteroatoms. The van der Waals surface area contributed by atoms with E-state index >= 15 is 0 Å². The molecule has 0 unspecified atom stereocenters. The van der Waals surface area contributed by atoms with Crippen LogP contribution in [0, 0.1) is 0 Å². The predicted octanol–water partition coefficient (Wildman–Crippen LogP) is 7.81. The summed E-state index contributed by atoms with van der Waals surface area (Å²) in [6, 6.07) is 22.0. The average molecular weight is 449 g/mol. The monoisotopic (exact) mass is 448 g/mol. The Labute approximate surface area is 198 Å². The molecule has 1 nitrogen and oxygen atoms in total. The van der Waals surface area contributed by atoms with E-state index in [2.05, 4.69) is 93.2 Å². The third-order valence-electron chi connectivity index (χ3n) is 6.26. The molecule has 32 heavy (non-hydrogen) atoms. The molecule has 2 aromatic rings. The zero-order chi connectivity index (χ0) is 23.1. The molecule has 0 aromatic heterocycles. The summed E-state index contributed by atoms with van der Waals surface area (Å²) in [5.74, 6) is 0. The molecule has 0 radical (unpaired) electrons. The first-order chi connectivity index (χ1) is 15.5. The SMILES string of the molecule is CC=C=CCCCCCCCCCCO[Si](c1ccccc1)(c1ccccc1)C(C)(C)C. The summed E-state index contributed by atoms with van der Waals surface area (Å²) >= 11 is 0. The minimum atomic E-state index is -2.36. The molecule has 0 saturated carbocycles. The first-order valence-corrected chi connectivity index (χ1v) is 14.5. The lowest BCUT2D eigenvalue weighted by Gasteiger charge is -2.43. The van der Waals surface area contributed by atoms with Crippen molar-refractivity contribution in [2.45, 2.75) is 90.5 Å². The zero-order valence-electron chi connectivity index (χ0n) is 20.9. The quantitative estimate of drug-likeness (QED) is 0.163. The highest BCUT2D eigenvalue weighted by Gasteiger charge is 2.49. The van der Waals surface area contributed by atoms with Gasteiger partial charge in [0.2, 0.25) is 0 Å². The molecule has 0 amide bonds. The summed E-state index contributed by atoms with van der Waals surface area (Å²) in [7, 11) is -2.36. The van der Waals surface area contributed by atoms with Gasteiger partial charge in [-0.15, -0.1) is 5.73 Å². The van der Waals surface area contributed by atoms with E-state index < -0.39 is 8.32 Å². The van der Waals surface area contributed by atoms with Crippen molar-refractivity contribution in [2.75, 3.05) is 6.61 Å². The normalized spacial score (nSPS) is 11.8. The Bertz CT molecular complexity index is 758. The van der Waals surface area contributed by atoms with Crippen LogP contribution in [0.2, 0.25) is 5.04 Å². The second-order valence-corrected chi connectivity index (χ2v) is 14.1. The van der Waals surface area contributed by atoms with Crippen LogP contribution < -0.4 is 10.4 Å². The van der Waals surface area contributed by atoms with Crippen molar-refractivity contribution in [3.05, 3.63) is 78.5 Å². The van der Waals surface area contributed by atoms with Gasteiger partial charge in [-0.3, -0.25) is 0 Å².